The molecule has 2 rings (SSSR count). The van der Waals surface area contributed by atoms with Crippen molar-refractivity contribution in [2.24, 2.45) is 11.8 Å². The van der Waals surface area contributed by atoms with Crippen LogP contribution in [0.4, 0.5) is 0 Å². The predicted octanol–water partition coefficient (Wildman–Crippen LogP) is 0.907. The van der Waals surface area contributed by atoms with Crippen molar-refractivity contribution in [3.8, 4) is 0 Å². The quantitative estimate of drug-likeness (QED) is 0.699. The van der Waals surface area contributed by atoms with Gasteiger partial charge in [-0.1, -0.05) is 19.3 Å². The monoisotopic (exact) mass is 255 g/mol. The number of carbonyl (C=O) groups excluding carboxylic acids is 1. The predicted molar refractivity (Wildman–Crippen MR) is 64.9 cm³/mol. The number of carbonyl (C=O) groups is 2. The van der Waals surface area contributed by atoms with E-state index >= 15 is 0 Å². The highest BCUT2D eigenvalue weighted by atomic mass is 16.4. The average Bonchev–Trinajstić information content (AvgIpc) is 2.81. The van der Waals surface area contributed by atoms with Gasteiger partial charge in [0.1, 0.15) is 0 Å². The van der Waals surface area contributed by atoms with Crippen molar-refractivity contribution in [1.29, 1.82) is 0 Å². The maximum absolute atomic E-state index is 12.1. The van der Waals surface area contributed by atoms with Crippen LogP contribution in [0, 0.1) is 11.8 Å². The Labute approximate surface area is 107 Å². The Hall–Kier alpha value is -1.10. The van der Waals surface area contributed by atoms with Gasteiger partial charge in [0.15, 0.2) is 0 Å². The van der Waals surface area contributed by atoms with Crippen molar-refractivity contribution in [3.05, 3.63) is 0 Å². The molecular formula is C13H21NO4. The molecule has 0 heterocycles. The zero-order valence-corrected chi connectivity index (χ0v) is 10.5. The molecule has 2 aliphatic carbocycles. The first-order chi connectivity index (χ1) is 8.59. The molecule has 2 unspecified atom stereocenters. The van der Waals surface area contributed by atoms with Gasteiger partial charge in [-0.3, -0.25) is 9.59 Å². The van der Waals surface area contributed by atoms with Crippen LogP contribution in [0.15, 0.2) is 0 Å². The molecule has 2 fully saturated rings. The molecule has 0 aromatic heterocycles. The standard InChI is InChI=1S/C13H21NO4/c15-11-7-2-1-6-10(11)14-12(16)8-4-3-5-9(8)13(17)18/h8-11,15H,1-7H2,(H,14,16)(H,17,18)/t8?,9?,10-,11-/m1/s1. The summed E-state index contributed by atoms with van der Waals surface area (Å²) in [6.45, 7) is 0. The number of carboxylic acid groups (broad SMARTS) is 1. The first kappa shape index (κ1) is 13.3. The molecule has 18 heavy (non-hydrogen) atoms. The summed E-state index contributed by atoms with van der Waals surface area (Å²) in [5, 5.41) is 21.7. The minimum Gasteiger partial charge on any atom is -0.481 e. The van der Waals surface area contributed by atoms with E-state index in [2.05, 4.69) is 5.32 Å². The van der Waals surface area contributed by atoms with E-state index in [9.17, 15) is 14.7 Å². The molecule has 0 aliphatic heterocycles. The van der Waals surface area contributed by atoms with Gasteiger partial charge in [0.2, 0.25) is 5.91 Å². The maximum Gasteiger partial charge on any atom is 0.307 e. The maximum atomic E-state index is 12.1. The summed E-state index contributed by atoms with van der Waals surface area (Å²) < 4.78 is 0. The van der Waals surface area contributed by atoms with Crippen molar-refractivity contribution in [2.45, 2.75) is 57.1 Å². The topological polar surface area (TPSA) is 86.6 Å². The van der Waals surface area contributed by atoms with Gasteiger partial charge in [0.05, 0.1) is 24.0 Å². The minimum atomic E-state index is -0.878. The van der Waals surface area contributed by atoms with Crippen LogP contribution in [0.5, 0.6) is 0 Å². The second kappa shape index (κ2) is 5.69. The van der Waals surface area contributed by atoms with Crippen LogP contribution in [0.3, 0.4) is 0 Å². The van der Waals surface area contributed by atoms with Crippen molar-refractivity contribution < 1.29 is 19.8 Å². The van der Waals surface area contributed by atoms with Gasteiger partial charge in [-0.05, 0) is 25.7 Å². The second-order valence-electron chi connectivity index (χ2n) is 5.45. The second-order valence-corrected chi connectivity index (χ2v) is 5.45. The molecule has 2 saturated carbocycles. The Kier molecular flexibility index (Phi) is 4.22. The number of carboxylic acids is 1. The van der Waals surface area contributed by atoms with E-state index in [1.54, 1.807) is 0 Å². The van der Waals surface area contributed by atoms with Gasteiger partial charge in [0.25, 0.3) is 0 Å². The van der Waals surface area contributed by atoms with E-state index in [4.69, 9.17) is 5.11 Å². The van der Waals surface area contributed by atoms with Crippen LogP contribution in [-0.2, 0) is 9.59 Å². The first-order valence-electron chi connectivity index (χ1n) is 6.81. The van der Waals surface area contributed by atoms with E-state index in [-0.39, 0.29) is 11.9 Å². The molecule has 0 aromatic rings. The van der Waals surface area contributed by atoms with Crippen LogP contribution >= 0.6 is 0 Å². The molecule has 0 spiro atoms. The lowest BCUT2D eigenvalue weighted by atomic mass is 9.90. The van der Waals surface area contributed by atoms with Crippen LogP contribution < -0.4 is 5.32 Å². The summed E-state index contributed by atoms with van der Waals surface area (Å²) >= 11 is 0. The largest absolute Gasteiger partial charge is 0.481 e. The van der Waals surface area contributed by atoms with Gasteiger partial charge >= 0.3 is 5.97 Å². The fourth-order valence-corrected chi connectivity index (χ4v) is 3.14. The zero-order valence-electron chi connectivity index (χ0n) is 10.5. The fraction of sp³-hybridized carbons (Fsp3) is 0.846. The third-order valence-electron chi connectivity index (χ3n) is 4.23. The molecule has 5 heteroatoms. The van der Waals surface area contributed by atoms with Crippen LogP contribution in [0.1, 0.15) is 44.9 Å². The summed E-state index contributed by atoms with van der Waals surface area (Å²) in [5.41, 5.74) is 0. The number of amides is 1. The third kappa shape index (κ3) is 2.83. The van der Waals surface area contributed by atoms with Crippen LogP contribution in [-0.4, -0.2) is 34.2 Å². The molecule has 5 nitrogen and oxygen atoms in total. The molecular weight excluding hydrogens is 234 g/mol. The number of aliphatic hydroxyl groups is 1. The highest BCUT2D eigenvalue weighted by molar-refractivity contribution is 5.85. The van der Waals surface area contributed by atoms with E-state index in [0.29, 0.717) is 12.8 Å². The molecule has 0 aromatic carbocycles. The number of aliphatic hydroxyl groups excluding tert-OH is 1. The van der Waals surface area contributed by atoms with Crippen molar-refractivity contribution in [1.82, 2.24) is 5.32 Å². The van der Waals surface area contributed by atoms with Gasteiger partial charge in [-0.2, -0.15) is 0 Å². The van der Waals surface area contributed by atoms with Gasteiger partial charge in [-0.25, -0.2) is 0 Å². The highest BCUT2D eigenvalue weighted by Crippen LogP contribution is 2.32. The molecule has 1 amide bonds. The number of hydrogen-bond acceptors (Lipinski definition) is 3. The Morgan fingerprint density at radius 3 is 2.28 bits per heavy atom. The van der Waals surface area contributed by atoms with E-state index in [1.807, 2.05) is 0 Å². The lowest BCUT2D eigenvalue weighted by Gasteiger charge is -2.29. The fourth-order valence-electron chi connectivity index (χ4n) is 3.14. The first-order valence-corrected chi connectivity index (χ1v) is 6.81. The van der Waals surface area contributed by atoms with E-state index < -0.39 is 23.9 Å². The van der Waals surface area contributed by atoms with Gasteiger partial charge < -0.3 is 15.5 Å². The normalized spacial score (nSPS) is 36.3. The third-order valence-corrected chi connectivity index (χ3v) is 4.23. The lowest BCUT2D eigenvalue weighted by molar-refractivity contribution is -0.146. The van der Waals surface area contributed by atoms with Crippen molar-refractivity contribution in [2.75, 3.05) is 0 Å². The molecule has 102 valence electrons. The van der Waals surface area contributed by atoms with E-state index in [1.165, 1.54) is 0 Å². The van der Waals surface area contributed by atoms with Crippen molar-refractivity contribution in [3.63, 3.8) is 0 Å². The Balaban J connectivity index is 1.92. The molecule has 4 atom stereocenters. The number of aliphatic carboxylic acids is 1. The van der Waals surface area contributed by atoms with Crippen LogP contribution in [0.2, 0.25) is 0 Å². The average molecular weight is 255 g/mol. The van der Waals surface area contributed by atoms with Crippen LogP contribution in [0.25, 0.3) is 0 Å². The molecule has 0 saturated heterocycles. The molecule has 3 N–H and O–H groups in total. The van der Waals surface area contributed by atoms with Gasteiger partial charge in [-0.15, -0.1) is 0 Å². The highest BCUT2D eigenvalue weighted by Gasteiger charge is 2.39. The molecule has 0 radical (unpaired) electrons. The van der Waals surface area contributed by atoms with E-state index in [0.717, 1.165) is 32.1 Å². The molecule has 0 bridgehead atoms. The minimum absolute atomic E-state index is 0.189. The van der Waals surface area contributed by atoms with Crippen molar-refractivity contribution >= 4 is 11.9 Å². The molecule has 2 aliphatic rings. The van der Waals surface area contributed by atoms with Gasteiger partial charge in [0, 0.05) is 0 Å². The summed E-state index contributed by atoms with van der Waals surface area (Å²) in [6, 6.07) is -0.193. The summed E-state index contributed by atoms with van der Waals surface area (Å²) in [5.74, 6) is -2.04. The summed E-state index contributed by atoms with van der Waals surface area (Å²) in [7, 11) is 0. The Bertz CT molecular complexity index is 331. The Morgan fingerprint density at radius 2 is 1.61 bits per heavy atom. The SMILES string of the molecule is O=C(O)C1CCCC1C(=O)N[C@@H]1CCCC[C@H]1O. The summed E-state index contributed by atoms with van der Waals surface area (Å²) in [6.07, 6.45) is 5.06. The zero-order chi connectivity index (χ0) is 13.1. The lowest BCUT2D eigenvalue weighted by Crippen LogP contribution is -2.48. The Morgan fingerprint density at radius 1 is 0.944 bits per heavy atom. The number of hydrogen-bond donors (Lipinski definition) is 3. The smallest absolute Gasteiger partial charge is 0.307 e. The number of rotatable bonds is 3. The summed E-state index contributed by atoms with van der Waals surface area (Å²) in [4.78, 5) is 23.1. The number of nitrogens with one attached hydrogen (secondary N) is 1.